The second-order valence-electron chi connectivity index (χ2n) is 8.26. The van der Waals surface area contributed by atoms with Crippen molar-refractivity contribution in [1.82, 2.24) is 0 Å². The summed E-state index contributed by atoms with van der Waals surface area (Å²) < 4.78 is 0. The van der Waals surface area contributed by atoms with Gasteiger partial charge in [0, 0.05) is 26.4 Å². The van der Waals surface area contributed by atoms with Crippen LogP contribution in [0.15, 0.2) is 103 Å². The molecule has 0 saturated carbocycles. The molecule has 156 valence electrons. The molecule has 0 aliphatic heterocycles. The fourth-order valence-corrected chi connectivity index (χ4v) is 6.14. The molecule has 1 heterocycles. The summed E-state index contributed by atoms with van der Waals surface area (Å²) in [4.78, 5) is 2.73. The molecule has 0 bridgehead atoms. The molecular formula is C32H22S. The molecule has 0 spiro atoms. The molecular weight excluding hydrogens is 416 g/mol. The molecule has 6 rings (SSSR count). The fourth-order valence-electron chi connectivity index (χ4n) is 4.73. The largest absolute Gasteiger partial charge is 0.134 e. The molecule has 1 heteroatoms. The van der Waals surface area contributed by atoms with E-state index in [1.807, 2.05) is 23.5 Å². The lowest BCUT2D eigenvalue weighted by Crippen LogP contribution is -1.94. The van der Waals surface area contributed by atoms with Gasteiger partial charge in [0.25, 0.3) is 0 Å². The number of thiophene rings is 1. The molecule has 0 fully saturated rings. The van der Waals surface area contributed by atoms with Gasteiger partial charge in [0.2, 0.25) is 0 Å². The monoisotopic (exact) mass is 438 g/mol. The van der Waals surface area contributed by atoms with E-state index in [1.165, 1.54) is 48.7 Å². The van der Waals surface area contributed by atoms with E-state index in [9.17, 15) is 0 Å². The molecule has 0 radical (unpaired) electrons. The molecule has 0 unspecified atom stereocenters. The lowest BCUT2D eigenvalue weighted by atomic mass is 9.90. The molecule has 1 aliphatic rings. The molecule has 4 aromatic carbocycles. The number of rotatable bonds is 4. The minimum absolute atomic E-state index is 1.07. The standard InChI is InChI=1S/C32H22S/c1-3-13-23(14-4-1)25-17-7-9-19-27(25)31-29-21-11-12-22-30(29)32(33-31)28-20-10-8-18-26(28)24-15-5-2-6-16-24/h1-5,7-11,13-15,17-21H,12,22H2. The number of benzene rings is 3. The molecule has 0 nitrogen and oxygen atoms in total. The number of hydrogen-bond acceptors (Lipinski definition) is 1. The highest BCUT2D eigenvalue weighted by Gasteiger charge is 2.23. The summed E-state index contributed by atoms with van der Waals surface area (Å²) in [6.45, 7) is 0. The van der Waals surface area contributed by atoms with Gasteiger partial charge in [-0.15, -0.1) is 11.3 Å². The first-order chi connectivity index (χ1) is 16.4. The van der Waals surface area contributed by atoms with Crippen molar-refractivity contribution in [3.05, 3.63) is 126 Å². The Bertz CT molecular complexity index is 1440. The quantitative estimate of drug-likeness (QED) is 0.263. The van der Waals surface area contributed by atoms with Gasteiger partial charge in [-0.2, -0.15) is 0 Å². The maximum absolute atomic E-state index is 3.31. The van der Waals surface area contributed by atoms with Crippen molar-refractivity contribution in [3.8, 4) is 43.1 Å². The van der Waals surface area contributed by atoms with Crippen LogP contribution >= 0.6 is 11.3 Å². The Morgan fingerprint density at radius 1 is 0.636 bits per heavy atom. The second kappa shape index (κ2) is 8.58. The van der Waals surface area contributed by atoms with Crippen LogP contribution in [0.5, 0.6) is 0 Å². The van der Waals surface area contributed by atoms with Crippen molar-refractivity contribution in [2.45, 2.75) is 12.8 Å². The zero-order valence-corrected chi connectivity index (χ0v) is 19.0. The third-order valence-electron chi connectivity index (χ3n) is 6.26. The zero-order chi connectivity index (χ0) is 22.0. The Hall–Kier alpha value is -3.86. The summed E-state index contributed by atoms with van der Waals surface area (Å²) in [5, 5.41) is 0. The highest BCUT2D eigenvalue weighted by molar-refractivity contribution is 7.19. The minimum Gasteiger partial charge on any atom is -0.134 e. The van der Waals surface area contributed by atoms with Crippen molar-refractivity contribution >= 4 is 17.4 Å². The van der Waals surface area contributed by atoms with E-state index in [1.54, 1.807) is 0 Å². The molecule has 33 heavy (non-hydrogen) atoms. The first-order valence-corrected chi connectivity index (χ1v) is 12.2. The van der Waals surface area contributed by atoms with Gasteiger partial charge in [-0.3, -0.25) is 0 Å². The number of hydrogen-bond donors (Lipinski definition) is 0. The van der Waals surface area contributed by atoms with Crippen LogP contribution in [0.2, 0.25) is 0 Å². The van der Waals surface area contributed by atoms with Gasteiger partial charge in [-0.05, 0) is 52.8 Å². The van der Waals surface area contributed by atoms with Crippen LogP contribution in [0.25, 0.3) is 49.2 Å². The van der Waals surface area contributed by atoms with Crippen LogP contribution in [0.4, 0.5) is 0 Å². The first-order valence-electron chi connectivity index (χ1n) is 11.4. The van der Waals surface area contributed by atoms with Crippen molar-refractivity contribution < 1.29 is 0 Å². The topological polar surface area (TPSA) is 0 Å². The maximum atomic E-state index is 3.31. The fraction of sp³-hybridized carbons (Fsp3) is 0.0625. The van der Waals surface area contributed by atoms with Gasteiger partial charge >= 0.3 is 0 Å². The normalized spacial score (nSPS) is 12.2. The van der Waals surface area contributed by atoms with Gasteiger partial charge in [0.05, 0.1) is 0 Å². The Morgan fingerprint density at radius 2 is 1.33 bits per heavy atom. The van der Waals surface area contributed by atoms with Gasteiger partial charge in [0.15, 0.2) is 0 Å². The maximum Gasteiger partial charge on any atom is 0.0430 e. The smallest absolute Gasteiger partial charge is 0.0430 e. The SMILES string of the molecule is c1cccc(-c2ccccc2-c2sc(-c3ccccc3-c3ccccc3)c3c2CCC=C3)c#1. The summed E-state index contributed by atoms with van der Waals surface area (Å²) in [5.41, 5.74) is 10.3. The molecule has 5 aromatic rings. The van der Waals surface area contributed by atoms with Crippen molar-refractivity contribution in [1.29, 1.82) is 0 Å². The van der Waals surface area contributed by atoms with Gasteiger partial charge < -0.3 is 0 Å². The van der Waals surface area contributed by atoms with Crippen molar-refractivity contribution in [2.24, 2.45) is 0 Å². The summed E-state index contributed by atoms with van der Waals surface area (Å²) in [5.74, 6) is 0. The van der Waals surface area contributed by atoms with Crippen LogP contribution in [-0.4, -0.2) is 0 Å². The lowest BCUT2D eigenvalue weighted by Gasteiger charge is -2.13. The third-order valence-corrected chi connectivity index (χ3v) is 7.58. The lowest BCUT2D eigenvalue weighted by molar-refractivity contribution is 0.996. The molecule has 0 N–H and O–H groups in total. The minimum atomic E-state index is 1.07. The number of allylic oxidation sites excluding steroid dienone is 1. The highest BCUT2D eigenvalue weighted by Crippen LogP contribution is 2.49. The van der Waals surface area contributed by atoms with Crippen LogP contribution in [0.3, 0.4) is 0 Å². The Morgan fingerprint density at radius 3 is 2.09 bits per heavy atom. The Kier molecular flexibility index (Phi) is 5.15. The average Bonchev–Trinajstić information content (AvgIpc) is 3.29. The summed E-state index contributed by atoms with van der Waals surface area (Å²) in [6.07, 6.45) is 6.81. The van der Waals surface area contributed by atoms with Crippen LogP contribution in [0, 0.1) is 12.1 Å². The number of fused-ring (bicyclic) bond motifs is 1. The van der Waals surface area contributed by atoms with Crippen molar-refractivity contribution in [3.63, 3.8) is 0 Å². The molecule has 1 aromatic heterocycles. The zero-order valence-electron chi connectivity index (χ0n) is 18.2. The summed E-state index contributed by atoms with van der Waals surface area (Å²) in [7, 11) is 0. The van der Waals surface area contributed by atoms with Gasteiger partial charge in [-0.1, -0.05) is 109 Å². The average molecular weight is 439 g/mol. The van der Waals surface area contributed by atoms with Gasteiger partial charge in [0.1, 0.15) is 0 Å². The molecule has 1 aliphatic carbocycles. The Balaban J connectivity index is 1.58. The van der Waals surface area contributed by atoms with E-state index in [0.717, 1.165) is 18.4 Å². The van der Waals surface area contributed by atoms with E-state index < -0.39 is 0 Å². The molecule has 0 atom stereocenters. The third kappa shape index (κ3) is 3.59. The Labute approximate surface area is 199 Å². The van der Waals surface area contributed by atoms with Gasteiger partial charge in [-0.25, -0.2) is 0 Å². The van der Waals surface area contributed by atoms with E-state index in [4.69, 9.17) is 0 Å². The van der Waals surface area contributed by atoms with E-state index in [-0.39, 0.29) is 0 Å². The molecule has 0 amide bonds. The van der Waals surface area contributed by atoms with Crippen LogP contribution < -0.4 is 0 Å². The van der Waals surface area contributed by atoms with Crippen molar-refractivity contribution in [2.75, 3.05) is 0 Å². The predicted molar refractivity (Wildman–Crippen MR) is 141 cm³/mol. The van der Waals surface area contributed by atoms with E-state index in [0.29, 0.717) is 0 Å². The van der Waals surface area contributed by atoms with Crippen LogP contribution in [0.1, 0.15) is 17.5 Å². The van der Waals surface area contributed by atoms with E-state index >= 15 is 0 Å². The van der Waals surface area contributed by atoms with Crippen LogP contribution in [-0.2, 0) is 6.42 Å². The first kappa shape index (κ1) is 19.8. The second-order valence-corrected chi connectivity index (χ2v) is 9.28. The highest BCUT2D eigenvalue weighted by atomic mass is 32.1. The molecule has 0 saturated heterocycles. The summed E-state index contributed by atoms with van der Waals surface area (Å²) >= 11 is 1.92. The van der Waals surface area contributed by atoms with E-state index in [2.05, 4.69) is 109 Å². The summed E-state index contributed by atoms with van der Waals surface area (Å²) in [6, 6.07) is 40.7. The predicted octanol–water partition coefficient (Wildman–Crippen LogP) is 8.98.